The minimum Gasteiger partial charge on any atom is -0.476 e. The number of nitrogens with zero attached hydrogens (tertiary/aromatic N) is 2. The molecule has 0 unspecified atom stereocenters. The van der Waals surface area contributed by atoms with Crippen molar-refractivity contribution < 1.29 is 4.74 Å². The molecule has 112 valence electrons. The fourth-order valence-corrected chi connectivity index (χ4v) is 2.57. The Kier molecular flexibility index (Phi) is 5.04. The van der Waals surface area contributed by atoms with Gasteiger partial charge in [-0.05, 0) is 25.7 Å². The van der Waals surface area contributed by atoms with E-state index in [1.54, 1.807) is 0 Å². The van der Waals surface area contributed by atoms with Gasteiger partial charge in [0, 0.05) is 12.5 Å². The van der Waals surface area contributed by atoms with Crippen LogP contribution in [0.4, 0.5) is 11.5 Å². The number of aromatic nitrogens is 2. The van der Waals surface area contributed by atoms with Crippen LogP contribution < -0.4 is 15.8 Å². The van der Waals surface area contributed by atoms with Gasteiger partial charge in [-0.25, -0.2) is 4.98 Å². The quantitative estimate of drug-likeness (QED) is 0.836. The lowest BCUT2D eigenvalue weighted by atomic mass is 10.1. The van der Waals surface area contributed by atoms with Crippen molar-refractivity contribution >= 4 is 11.5 Å². The summed E-state index contributed by atoms with van der Waals surface area (Å²) in [5.41, 5.74) is 6.67. The van der Waals surface area contributed by atoms with Gasteiger partial charge in [0.15, 0.2) is 5.82 Å². The van der Waals surface area contributed by atoms with Crippen LogP contribution in [0.15, 0.2) is 0 Å². The van der Waals surface area contributed by atoms with Crippen LogP contribution in [-0.2, 0) is 6.42 Å². The van der Waals surface area contributed by atoms with Crippen LogP contribution in [0.3, 0.4) is 0 Å². The van der Waals surface area contributed by atoms with Crippen molar-refractivity contribution in [2.75, 3.05) is 17.7 Å². The zero-order valence-electron chi connectivity index (χ0n) is 12.8. The Balaban J connectivity index is 2.24. The van der Waals surface area contributed by atoms with Crippen LogP contribution in [0.1, 0.15) is 52.3 Å². The number of nitrogens with two attached hydrogens (primary N) is 1. The summed E-state index contributed by atoms with van der Waals surface area (Å²) in [6, 6.07) is 0.480. The second kappa shape index (κ2) is 6.77. The monoisotopic (exact) mass is 278 g/mol. The average molecular weight is 278 g/mol. The molecule has 0 aromatic carbocycles. The van der Waals surface area contributed by atoms with E-state index in [0.717, 1.165) is 18.1 Å². The van der Waals surface area contributed by atoms with E-state index in [-0.39, 0.29) is 0 Å². The van der Waals surface area contributed by atoms with Crippen molar-refractivity contribution in [3.63, 3.8) is 0 Å². The Hall–Kier alpha value is -1.52. The molecule has 1 aromatic heterocycles. The smallest absolute Gasteiger partial charge is 0.242 e. The first kappa shape index (κ1) is 14.9. The highest BCUT2D eigenvalue weighted by molar-refractivity contribution is 5.67. The van der Waals surface area contributed by atoms with Gasteiger partial charge in [0.2, 0.25) is 5.88 Å². The molecule has 1 aliphatic rings. The highest BCUT2D eigenvalue weighted by Crippen LogP contribution is 2.30. The van der Waals surface area contributed by atoms with Crippen LogP contribution in [-0.4, -0.2) is 22.6 Å². The fraction of sp³-hybridized carbons (Fsp3) is 0.733. The molecule has 5 nitrogen and oxygen atoms in total. The molecule has 0 atom stereocenters. The molecule has 0 radical (unpaired) electrons. The van der Waals surface area contributed by atoms with Crippen LogP contribution in [0.2, 0.25) is 0 Å². The van der Waals surface area contributed by atoms with Crippen molar-refractivity contribution in [1.82, 2.24) is 9.97 Å². The second-order valence-corrected chi connectivity index (χ2v) is 5.86. The number of anilines is 2. The third kappa shape index (κ3) is 3.74. The topological polar surface area (TPSA) is 73.1 Å². The van der Waals surface area contributed by atoms with Crippen LogP contribution in [0.5, 0.6) is 5.88 Å². The van der Waals surface area contributed by atoms with Gasteiger partial charge in [-0.1, -0.05) is 26.7 Å². The van der Waals surface area contributed by atoms with E-state index >= 15 is 0 Å². The largest absolute Gasteiger partial charge is 0.476 e. The number of rotatable bonds is 6. The number of hydrogen-bond donors (Lipinski definition) is 2. The van der Waals surface area contributed by atoms with Gasteiger partial charge >= 0.3 is 0 Å². The molecule has 2 rings (SSSR count). The Morgan fingerprint density at radius 2 is 2.00 bits per heavy atom. The summed E-state index contributed by atoms with van der Waals surface area (Å²) >= 11 is 0. The fourth-order valence-electron chi connectivity index (χ4n) is 2.57. The van der Waals surface area contributed by atoms with Gasteiger partial charge in [-0.3, -0.25) is 0 Å². The van der Waals surface area contributed by atoms with Gasteiger partial charge in [0.05, 0.1) is 6.61 Å². The van der Waals surface area contributed by atoms with Crippen molar-refractivity contribution in [2.45, 2.75) is 58.9 Å². The molecule has 1 saturated carbocycles. The van der Waals surface area contributed by atoms with Crippen molar-refractivity contribution in [2.24, 2.45) is 5.92 Å². The van der Waals surface area contributed by atoms with E-state index in [1.165, 1.54) is 25.7 Å². The number of ether oxygens (including phenoxy) is 1. The van der Waals surface area contributed by atoms with Gasteiger partial charge in [0.25, 0.3) is 0 Å². The molecular formula is C15H26N4O. The van der Waals surface area contributed by atoms with E-state index in [9.17, 15) is 0 Å². The number of hydrogen-bond acceptors (Lipinski definition) is 5. The first-order valence-electron chi connectivity index (χ1n) is 7.65. The van der Waals surface area contributed by atoms with Gasteiger partial charge in [0.1, 0.15) is 11.5 Å². The van der Waals surface area contributed by atoms with Gasteiger partial charge in [-0.2, -0.15) is 4.98 Å². The molecule has 5 heteroatoms. The van der Waals surface area contributed by atoms with Crippen molar-refractivity contribution in [3.05, 3.63) is 5.82 Å². The van der Waals surface area contributed by atoms with Gasteiger partial charge in [-0.15, -0.1) is 0 Å². The number of nitrogen functional groups attached to an aromatic ring is 1. The maximum atomic E-state index is 6.13. The van der Waals surface area contributed by atoms with Crippen LogP contribution in [0.25, 0.3) is 0 Å². The third-order valence-corrected chi connectivity index (χ3v) is 3.52. The van der Waals surface area contributed by atoms with Gasteiger partial charge < -0.3 is 15.8 Å². The Bertz CT molecular complexity index is 442. The zero-order chi connectivity index (χ0) is 14.5. The van der Waals surface area contributed by atoms with Crippen LogP contribution >= 0.6 is 0 Å². The van der Waals surface area contributed by atoms with E-state index in [0.29, 0.717) is 30.1 Å². The summed E-state index contributed by atoms with van der Waals surface area (Å²) in [7, 11) is 0. The summed E-state index contributed by atoms with van der Waals surface area (Å²) in [6.07, 6.45) is 5.76. The highest BCUT2D eigenvalue weighted by atomic mass is 16.5. The number of nitrogens with one attached hydrogen (secondary N) is 1. The molecule has 1 aromatic rings. The SMILES string of the molecule is CCOc1nc(CC(C)C)nc(NC2CCCC2)c1N. The Labute approximate surface area is 121 Å². The maximum absolute atomic E-state index is 6.13. The molecule has 1 heterocycles. The molecule has 1 aliphatic carbocycles. The molecule has 0 amide bonds. The zero-order valence-corrected chi connectivity index (χ0v) is 12.8. The van der Waals surface area contributed by atoms with Crippen molar-refractivity contribution in [3.8, 4) is 5.88 Å². The lowest BCUT2D eigenvalue weighted by Gasteiger charge is -2.17. The summed E-state index contributed by atoms with van der Waals surface area (Å²) in [5.74, 6) is 2.57. The van der Waals surface area contributed by atoms with E-state index < -0.39 is 0 Å². The summed E-state index contributed by atoms with van der Waals surface area (Å²) in [5, 5.41) is 3.47. The lowest BCUT2D eigenvalue weighted by molar-refractivity contribution is 0.326. The molecule has 0 aliphatic heterocycles. The molecule has 3 N–H and O–H groups in total. The first-order chi connectivity index (χ1) is 9.60. The predicted molar refractivity (Wildman–Crippen MR) is 82.0 cm³/mol. The Morgan fingerprint density at radius 3 is 2.60 bits per heavy atom. The Morgan fingerprint density at radius 1 is 1.30 bits per heavy atom. The predicted octanol–water partition coefficient (Wildman–Crippen LogP) is 3.01. The maximum Gasteiger partial charge on any atom is 0.242 e. The summed E-state index contributed by atoms with van der Waals surface area (Å²) in [6.45, 7) is 6.81. The second-order valence-electron chi connectivity index (χ2n) is 5.86. The normalized spacial score (nSPS) is 15.8. The molecule has 0 bridgehead atoms. The minimum atomic E-state index is 0.480. The molecule has 0 spiro atoms. The molecule has 1 fully saturated rings. The summed E-state index contributed by atoms with van der Waals surface area (Å²) in [4.78, 5) is 9.03. The highest BCUT2D eigenvalue weighted by Gasteiger charge is 2.19. The lowest BCUT2D eigenvalue weighted by Crippen LogP contribution is -2.19. The van der Waals surface area contributed by atoms with E-state index in [4.69, 9.17) is 10.5 Å². The van der Waals surface area contributed by atoms with Crippen molar-refractivity contribution in [1.29, 1.82) is 0 Å². The molecule has 20 heavy (non-hydrogen) atoms. The summed E-state index contributed by atoms with van der Waals surface area (Å²) < 4.78 is 5.55. The van der Waals surface area contributed by atoms with E-state index in [2.05, 4.69) is 29.1 Å². The first-order valence-corrected chi connectivity index (χ1v) is 7.65. The van der Waals surface area contributed by atoms with E-state index in [1.807, 2.05) is 6.92 Å². The molecular weight excluding hydrogens is 252 g/mol. The third-order valence-electron chi connectivity index (χ3n) is 3.52. The van der Waals surface area contributed by atoms with Crippen LogP contribution in [0, 0.1) is 5.92 Å². The average Bonchev–Trinajstić information content (AvgIpc) is 2.87. The molecule has 0 saturated heterocycles. The minimum absolute atomic E-state index is 0.480. The standard InChI is InChI=1S/C15H26N4O/c1-4-20-15-13(16)14(17-11-7-5-6-8-11)18-12(19-15)9-10(2)3/h10-11H,4-9,16H2,1-3H3,(H,17,18,19).